The monoisotopic (exact) mass is 424 g/mol. The number of hydrogen-bond acceptors (Lipinski definition) is 4. The number of benzene rings is 2. The second-order valence-corrected chi connectivity index (χ2v) is 8.72. The molecule has 0 aromatic heterocycles. The predicted molar refractivity (Wildman–Crippen MR) is 114 cm³/mol. The van der Waals surface area contributed by atoms with E-state index in [2.05, 4.69) is 5.32 Å². The molecule has 0 spiro atoms. The maximum atomic E-state index is 12.2. The smallest absolute Gasteiger partial charge is 0.232 e. The lowest BCUT2D eigenvalue weighted by atomic mass is 10.2. The number of ether oxygens (including phenoxy) is 1. The molecule has 28 heavy (non-hydrogen) atoms. The molecule has 0 radical (unpaired) electrons. The number of carbonyl (C=O) groups is 1. The third-order valence-corrected chi connectivity index (χ3v) is 5.49. The molecular weight excluding hydrogens is 400 g/mol. The highest BCUT2D eigenvalue weighted by Gasteiger charge is 2.18. The van der Waals surface area contributed by atoms with Gasteiger partial charge in [-0.25, -0.2) is 8.42 Å². The second kappa shape index (κ2) is 9.80. The van der Waals surface area contributed by atoms with E-state index in [0.717, 1.165) is 11.8 Å². The van der Waals surface area contributed by atoms with Crippen LogP contribution in [0.25, 0.3) is 0 Å². The van der Waals surface area contributed by atoms with E-state index in [-0.39, 0.29) is 18.9 Å². The summed E-state index contributed by atoms with van der Waals surface area (Å²) >= 11 is 5.92. The van der Waals surface area contributed by atoms with E-state index in [1.165, 1.54) is 4.31 Å². The number of halogens is 1. The topological polar surface area (TPSA) is 75.7 Å². The molecule has 0 unspecified atom stereocenters. The van der Waals surface area contributed by atoms with E-state index in [0.29, 0.717) is 35.2 Å². The Balaban J connectivity index is 1.97. The molecule has 0 saturated carbocycles. The van der Waals surface area contributed by atoms with Gasteiger partial charge in [-0.15, -0.1) is 0 Å². The van der Waals surface area contributed by atoms with Gasteiger partial charge in [0.1, 0.15) is 5.75 Å². The molecule has 0 heterocycles. The summed E-state index contributed by atoms with van der Waals surface area (Å²) in [6.45, 7) is 4.49. The Bertz CT molecular complexity index is 914. The third kappa shape index (κ3) is 6.42. The summed E-state index contributed by atoms with van der Waals surface area (Å²) in [6, 6.07) is 12.1. The zero-order valence-electron chi connectivity index (χ0n) is 16.2. The van der Waals surface area contributed by atoms with Crippen LogP contribution in [0, 0.1) is 6.92 Å². The number of aryl methyl sites for hydroxylation is 1. The van der Waals surface area contributed by atoms with Gasteiger partial charge in [0.2, 0.25) is 15.9 Å². The average Bonchev–Trinajstić information content (AvgIpc) is 2.61. The molecule has 1 amide bonds. The van der Waals surface area contributed by atoms with Crippen molar-refractivity contribution < 1.29 is 17.9 Å². The van der Waals surface area contributed by atoms with Crippen molar-refractivity contribution >= 4 is 38.9 Å². The van der Waals surface area contributed by atoms with Gasteiger partial charge in [-0.1, -0.05) is 11.6 Å². The molecular formula is C20H25ClN2O4S. The molecule has 0 aliphatic rings. The summed E-state index contributed by atoms with van der Waals surface area (Å²) in [5.41, 5.74) is 2.11. The first-order valence-corrected chi connectivity index (χ1v) is 11.2. The number of amides is 1. The van der Waals surface area contributed by atoms with Gasteiger partial charge in [-0.05, 0) is 68.3 Å². The highest BCUT2D eigenvalue weighted by atomic mass is 35.5. The van der Waals surface area contributed by atoms with E-state index >= 15 is 0 Å². The second-order valence-electron chi connectivity index (χ2n) is 6.37. The zero-order chi connectivity index (χ0) is 20.7. The van der Waals surface area contributed by atoms with Gasteiger partial charge in [0.15, 0.2) is 0 Å². The van der Waals surface area contributed by atoms with Crippen LogP contribution in [-0.4, -0.2) is 33.7 Å². The van der Waals surface area contributed by atoms with Gasteiger partial charge in [0.05, 0.1) is 18.6 Å². The summed E-state index contributed by atoms with van der Waals surface area (Å²) in [5, 5.41) is 3.44. The number of carbonyl (C=O) groups excluding carboxylic acids is 1. The third-order valence-electron chi connectivity index (χ3n) is 4.06. The normalized spacial score (nSPS) is 11.1. The molecule has 2 rings (SSSR count). The van der Waals surface area contributed by atoms with Gasteiger partial charge < -0.3 is 10.1 Å². The van der Waals surface area contributed by atoms with E-state index in [9.17, 15) is 13.2 Å². The van der Waals surface area contributed by atoms with Crippen molar-refractivity contribution in [3.05, 3.63) is 53.1 Å². The Kier molecular flexibility index (Phi) is 7.71. The number of hydrogen-bond donors (Lipinski definition) is 1. The minimum absolute atomic E-state index is 0.175. The Hall–Kier alpha value is -2.25. The van der Waals surface area contributed by atoms with E-state index in [4.69, 9.17) is 16.3 Å². The summed E-state index contributed by atoms with van der Waals surface area (Å²) in [4.78, 5) is 12.2. The van der Waals surface area contributed by atoms with Crippen molar-refractivity contribution in [3.63, 3.8) is 0 Å². The van der Waals surface area contributed by atoms with Gasteiger partial charge in [0.25, 0.3) is 0 Å². The van der Waals surface area contributed by atoms with Crippen molar-refractivity contribution in [2.24, 2.45) is 0 Å². The molecule has 0 saturated heterocycles. The number of nitrogens with one attached hydrogen (secondary N) is 1. The molecule has 0 aliphatic heterocycles. The SMILES string of the molecule is CCOc1ccc(N(CCCC(=O)Nc2ccc(Cl)cc2C)S(C)(=O)=O)cc1. The standard InChI is InChI=1S/C20H25ClN2O4S/c1-4-27-18-10-8-17(9-11-18)23(28(3,25)26)13-5-6-20(24)22-19-12-7-16(21)14-15(19)2/h7-12,14H,4-6,13H2,1-3H3,(H,22,24). The fraction of sp³-hybridized carbons (Fsp3) is 0.350. The summed E-state index contributed by atoms with van der Waals surface area (Å²) in [6.07, 6.45) is 1.74. The summed E-state index contributed by atoms with van der Waals surface area (Å²) in [7, 11) is -3.47. The van der Waals surface area contributed by atoms with Crippen LogP contribution in [0.3, 0.4) is 0 Å². The van der Waals surface area contributed by atoms with Crippen LogP contribution in [-0.2, 0) is 14.8 Å². The highest BCUT2D eigenvalue weighted by molar-refractivity contribution is 7.92. The summed E-state index contributed by atoms with van der Waals surface area (Å²) < 4.78 is 31.0. The van der Waals surface area contributed by atoms with Crippen molar-refractivity contribution in [2.75, 3.05) is 29.0 Å². The molecule has 152 valence electrons. The molecule has 2 aromatic rings. The van der Waals surface area contributed by atoms with E-state index < -0.39 is 10.0 Å². The van der Waals surface area contributed by atoms with Crippen LogP contribution in [0.15, 0.2) is 42.5 Å². The summed E-state index contributed by atoms with van der Waals surface area (Å²) in [5.74, 6) is 0.503. The number of anilines is 2. The molecule has 8 heteroatoms. The lowest BCUT2D eigenvalue weighted by Crippen LogP contribution is -2.31. The first kappa shape index (κ1) is 22.0. The Morgan fingerprint density at radius 1 is 1.18 bits per heavy atom. The molecule has 2 aromatic carbocycles. The average molecular weight is 425 g/mol. The van der Waals surface area contributed by atoms with E-state index in [1.807, 2.05) is 13.8 Å². The van der Waals surface area contributed by atoms with Crippen molar-refractivity contribution in [2.45, 2.75) is 26.7 Å². The van der Waals surface area contributed by atoms with E-state index in [1.54, 1.807) is 42.5 Å². The predicted octanol–water partition coefficient (Wildman–Crippen LogP) is 4.23. The van der Waals surface area contributed by atoms with Crippen LogP contribution in [0.5, 0.6) is 5.75 Å². The largest absolute Gasteiger partial charge is 0.494 e. The Morgan fingerprint density at radius 3 is 2.43 bits per heavy atom. The van der Waals surface area contributed by atoms with Crippen LogP contribution in [0.2, 0.25) is 5.02 Å². The van der Waals surface area contributed by atoms with Gasteiger partial charge in [-0.2, -0.15) is 0 Å². The van der Waals surface area contributed by atoms with Crippen molar-refractivity contribution in [1.29, 1.82) is 0 Å². The number of nitrogens with zero attached hydrogens (tertiary/aromatic N) is 1. The molecule has 0 fully saturated rings. The molecule has 0 bridgehead atoms. The maximum Gasteiger partial charge on any atom is 0.232 e. The van der Waals surface area contributed by atoms with Crippen LogP contribution < -0.4 is 14.4 Å². The van der Waals surface area contributed by atoms with Gasteiger partial charge in [-0.3, -0.25) is 9.10 Å². The first-order valence-electron chi connectivity index (χ1n) is 8.97. The Morgan fingerprint density at radius 2 is 1.86 bits per heavy atom. The molecule has 0 atom stereocenters. The first-order chi connectivity index (χ1) is 13.2. The van der Waals surface area contributed by atoms with Crippen LogP contribution >= 0.6 is 11.6 Å². The quantitative estimate of drug-likeness (QED) is 0.653. The lowest BCUT2D eigenvalue weighted by molar-refractivity contribution is -0.116. The number of sulfonamides is 1. The maximum absolute atomic E-state index is 12.2. The highest BCUT2D eigenvalue weighted by Crippen LogP contribution is 2.23. The van der Waals surface area contributed by atoms with Gasteiger partial charge >= 0.3 is 0 Å². The fourth-order valence-corrected chi connectivity index (χ4v) is 3.92. The molecule has 1 N–H and O–H groups in total. The van der Waals surface area contributed by atoms with Gasteiger partial charge in [0, 0.05) is 23.7 Å². The van der Waals surface area contributed by atoms with Crippen LogP contribution in [0.4, 0.5) is 11.4 Å². The Labute approximate surface area is 171 Å². The molecule has 6 nitrogen and oxygen atoms in total. The molecule has 0 aliphatic carbocycles. The van der Waals surface area contributed by atoms with Crippen molar-refractivity contribution in [1.82, 2.24) is 0 Å². The minimum atomic E-state index is -3.47. The fourth-order valence-electron chi connectivity index (χ4n) is 2.72. The lowest BCUT2D eigenvalue weighted by Gasteiger charge is -2.22. The zero-order valence-corrected chi connectivity index (χ0v) is 17.8. The minimum Gasteiger partial charge on any atom is -0.494 e. The van der Waals surface area contributed by atoms with Crippen molar-refractivity contribution in [3.8, 4) is 5.75 Å². The van der Waals surface area contributed by atoms with Crippen LogP contribution in [0.1, 0.15) is 25.3 Å². The number of rotatable bonds is 9.